The minimum Gasteiger partial charge on any atom is -0.486 e. The van der Waals surface area contributed by atoms with E-state index < -0.39 is 6.09 Å². The average molecular weight is 350 g/mol. The molecule has 2 rings (SSSR count). The molecule has 128 valence electrons. The molecular formula is C16H18N2O5S. The van der Waals surface area contributed by atoms with Gasteiger partial charge in [0.05, 0.1) is 19.4 Å². The molecule has 1 aromatic heterocycles. The summed E-state index contributed by atoms with van der Waals surface area (Å²) in [6.45, 7) is 4.10. The van der Waals surface area contributed by atoms with Gasteiger partial charge in [0, 0.05) is 5.69 Å². The fourth-order valence-electron chi connectivity index (χ4n) is 1.85. The van der Waals surface area contributed by atoms with Gasteiger partial charge in [-0.1, -0.05) is 0 Å². The molecule has 0 unspecified atom stereocenters. The summed E-state index contributed by atoms with van der Waals surface area (Å²) in [4.78, 5) is 27.7. The van der Waals surface area contributed by atoms with E-state index in [0.29, 0.717) is 33.6 Å². The minimum atomic E-state index is -0.534. The first kappa shape index (κ1) is 17.7. The fraction of sp³-hybridized carbons (Fsp3) is 0.312. The van der Waals surface area contributed by atoms with E-state index in [1.165, 1.54) is 18.4 Å². The molecule has 0 saturated heterocycles. The van der Waals surface area contributed by atoms with Crippen molar-refractivity contribution in [3.8, 4) is 5.75 Å². The van der Waals surface area contributed by atoms with E-state index in [-0.39, 0.29) is 12.6 Å². The number of carbonyl (C=O) groups excluding carboxylic acids is 2. The van der Waals surface area contributed by atoms with Gasteiger partial charge in [0.15, 0.2) is 0 Å². The van der Waals surface area contributed by atoms with Crippen LogP contribution in [0.2, 0.25) is 0 Å². The number of nitrogens with zero attached hydrogens (tertiary/aromatic N) is 1. The van der Waals surface area contributed by atoms with Crippen LogP contribution in [0.15, 0.2) is 24.3 Å². The number of hydrogen-bond acceptors (Lipinski definition) is 7. The number of carbonyl (C=O) groups is 2. The van der Waals surface area contributed by atoms with Gasteiger partial charge in [-0.25, -0.2) is 14.6 Å². The van der Waals surface area contributed by atoms with Crippen LogP contribution in [0.5, 0.6) is 5.75 Å². The van der Waals surface area contributed by atoms with Gasteiger partial charge in [-0.15, -0.1) is 11.3 Å². The summed E-state index contributed by atoms with van der Waals surface area (Å²) < 4.78 is 15.1. The third-order valence-corrected chi connectivity index (χ3v) is 4.06. The second-order valence-corrected chi connectivity index (χ2v) is 5.76. The van der Waals surface area contributed by atoms with Gasteiger partial charge in [0.1, 0.15) is 22.2 Å². The molecule has 1 aromatic carbocycles. The lowest BCUT2D eigenvalue weighted by Crippen LogP contribution is -2.10. The van der Waals surface area contributed by atoms with E-state index >= 15 is 0 Å². The second kappa shape index (κ2) is 8.30. The zero-order valence-electron chi connectivity index (χ0n) is 13.6. The minimum absolute atomic E-state index is 0.245. The molecule has 0 radical (unpaired) electrons. The molecular weight excluding hydrogens is 332 g/mol. The lowest BCUT2D eigenvalue weighted by molar-refractivity contribution is 0.0531. The molecule has 24 heavy (non-hydrogen) atoms. The molecule has 1 N–H and O–H groups in total. The molecule has 0 atom stereocenters. The molecule has 7 nitrogen and oxygen atoms in total. The number of anilines is 1. The van der Waals surface area contributed by atoms with Crippen molar-refractivity contribution in [1.82, 2.24) is 4.98 Å². The van der Waals surface area contributed by atoms with Gasteiger partial charge >= 0.3 is 12.1 Å². The third kappa shape index (κ3) is 4.69. The highest BCUT2D eigenvalue weighted by Crippen LogP contribution is 2.22. The van der Waals surface area contributed by atoms with Crippen LogP contribution in [0.25, 0.3) is 0 Å². The summed E-state index contributed by atoms with van der Waals surface area (Å²) in [6, 6.07) is 6.84. The summed E-state index contributed by atoms with van der Waals surface area (Å²) >= 11 is 1.26. The van der Waals surface area contributed by atoms with Crippen LogP contribution < -0.4 is 10.1 Å². The van der Waals surface area contributed by atoms with Crippen LogP contribution in [0.3, 0.4) is 0 Å². The Bertz CT molecular complexity index is 712. The monoisotopic (exact) mass is 350 g/mol. The van der Waals surface area contributed by atoms with Gasteiger partial charge in [-0.3, -0.25) is 5.32 Å². The largest absolute Gasteiger partial charge is 0.486 e. The first-order valence-corrected chi connectivity index (χ1v) is 8.06. The molecule has 2 aromatic rings. The highest BCUT2D eigenvalue weighted by atomic mass is 32.1. The standard InChI is InChI=1S/C16H18N2O5S/c1-4-22-15(19)14-10(2)17-13(24-14)9-23-12-7-5-11(6-8-12)18-16(20)21-3/h5-8H,4,9H2,1-3H3,(H,18,20). The number of esters is 1. The maximum absolute atomic E-state index is 11.8. The smallest absolute Gasteiger partial charge is 0.411 e. The highest BCUT2D eigenvalue weighted by molar-refractivity contribution is 7.13. The lowest BCUT2D eigenvalue weighted by atomic mass is 10.3. The van der Waals surface area contributed by atoms with Crippen molar-refractivity contribution in [3.05, 3.63) is 39.8 Å². The zero-order chi connectivity index (χ0) is 17.5. The first-order chi connectivity index (χ1) is 11.5. The topological polar surface area (TPSA) is 86.8 Å². The Kier molecular flexibility index (Phi) is 6.14. The Labute approximate surface area is 143 Å². The van der Waals surface area contributed by atoms with Crippen molar-refractivity contribution in [3.63, 3.8) is 0 Å². The fourth-order valence-corrected chi connectivity index (χ4v) is 2.72. The van der Waals surface area contributed by atoms with Crippen LogP contribution in [-0.2, 0) is 16.1 Å². The van der Waals surface area contributed by atoms with E-state index in [0.717, 1.165) is 0 Å². The molecule has 0 bridgehead atoms. The van der Waals surface area contributed by atoms with E-state index in [4.69, 9.17) is 9.47 Å². The van der Waals surface area contributed by atoms with E-state index in [1.54, 1.807) is 38.1 Å². The van der Waals surface area contributed by atoms with Crippen LogP contribution in [0.4, 0.5) is 10.5 Å². The zero-order valence-corrected chi connectivity index (χ0v) is 14.4. The predicted octanol–water partition coefficient (Wildman–Crippen LogP) is 3.39. The van der Waals surface area contributed by atoms with Crippen LogP contribution in [0.1, 0.15) is 27.3 Å². The predicted molar refractivity (Wildman–Crippen MR) is 89.6 cm³/mol. The summed E-state index contributed by atoms with van der Waals surface area (Å²) in [5, 5.41) is 3.24. The third-order valence-electron chi connectivity index (χ3n) is 2.95. The van der Waals surface area contributed by atoms with Gasteiger partial charge in [0.2, 0.25) is 0 Å². The Hall–Kier alpha value is -2.61. The van der Waals surface area contributed by atoms with E-state index in [9.17, 15) is 9.59 Å². The number of rotatable bonds is 6. The van der Waals surface area contributed by atoms with Gasteiger partial charge < -0.3 is 14.2 Å². The quantitative estimate of drug-likeness (QED) is 0.804. The number of methoxy groups -OCH3 is 1. The Morgan fingerprint density at radius 1 is 1.25 bits per heavy atom. The average Bonchev–Trinajstić information content (AvgIpc) is 2.95. The highest BCUT2D eigenvalue weighted by Gasteiger charge is 2.16. The van der Waals surface area contributed by atoms with Gasteiger partial charge in [-0.2, -0.15) is 0 Å². The van der Waals surface area contributed by atoms with Gasteiger partial charge in [0.25, 0.3) is 0 Å². The van der Waals surface area contributed by atoms with Crippen LogP contribution >= 0.6 is 11.3 Å². The SMILES string of the molecule is CCOC(=O)c1sc(COc2ccc(NC(=O)OC)cc2)nc1C. The van der Waals surface area contributed by atoms with Gasteiger partial charge in [-0.05, 0) is 38.1 Å². The van der Waals surface area contributed by atoms with Crippen LogP contribution in [0, 0.1) is 6.92 Å². The summed E-state index contributed by atoms with van der Waals surface area (Å²) in [6.07, 6.45) is -0.534. The van der Waals surface area contributed by atoms with Crippen molar-refractivity contribution in [1.29, 1.82) is 0 Å². The molecule has 8 heteroatoms. The molecule has 1 amide bonds. The molecule has 0 spiro atoms. The number of aromatic nitrogens is 1. The summed E-state index contributed by atoms with van der Waals surface area (Å²) in [5.74, 6) is 0.257. The van der Waals surface area contributed by atoms with Crippen molar-refractivity contribution >= 4 is 29.1 Å². The Balaban J connectivity index is 1.95. The Morgan fingerprint density at radius 2 is 1.96 bits per heavy atom. The number of amides is 1. The number of nitrogens with one attached hydrogen (secondary N) is 1. The second-order valence-electron chi connectivity index (χ2n) is 4.67. The molecule has 0 saturated carbocycles. The number of aryl methyl sites for hydroxylation is 1. The summed E-state index contributed by atoms with van der Waals surface area (Å²) in [5.41, 5.74) is 1.23. The molecule has 0 fully saturated rings. The molecule has 0 aliphatic carbocycles. The number of hydrogen-bond donors (Lipinski definition) is 1. The van der Waals surface area contributed by atoms with Crippen LogP contribution in [-0.4, -0.2) is 30.8 Å². The molecule has 0 aliphatic rings. The number of thiazole rings is 1. The maximum atomic E-state index is 11.8. The van der Waals surface area contributed by atoms with Crippen molar-refractivity contribution in [2.75, 3.05) is 19.0 Å². The van der Waals surface area contributed by atoms with Crippen molar-refractivity contribution in [2.24, 2.45) is 0 Å². The normalized spacial score (nSPS) is 10.1. The van der Waals surface area contributed by atoms with Crippen molar-refractivity contribution in [2.45, 2.75) is 20.5 Å². The first-order valence-electron chi connectivity index (χ1n) is 7.24. The molecule has 1 heterocycles. The van der Waals surface area contributed by atoms with Crippen molar-refractivity contribution < 1.29 is 23.8 Å². The van der Waals surface area contributed by atoms with E-state index in [2.05, 4.69) is 15.0 Å². The number of benzene rings is 1. The lowest BCUT2D eigenvalue weighted by Gasteiger charge is -2.06. The maximum Gasteiger partial charge on any atom is 0.411 e. The van der Waals surface area contributed by atoms with E-state index in [1.807, 2.05) is 0 Å². The molecule has 0 aliphatic heterocycles. The number of ether oxygens (including phenoxy) is 3. The summed E-state index contributed by atoms with van der Waals surface area (Å²) in [7, 11) is 1.30. The Morgan fingerprint density at radius 3 is 2.58 bits per heavy atom.